The van der Waals surface area contributed by atoms with Crippen molar-refractivity contribution in [1.29, 1.82) is 0 Å². The fraction of sp³-hybridized carbons (Fsp3) is 0.636. The zero-order valence-electron chi connectivity index (χ0n) is 10.1. The van der Waals surface area contributed by atoms with Crippen LogP contribution in [0.1, 0.15) is 26.2 Å². The average Bonchev–Trinajstić information content (AvgIpc) is 2.69. The number of aryl methyl sites for hydroxylation is 1. The number of methoxy groups -OCH3 is 1. The second kappa shape index (κ2) is 6.15. The van der Waals surface area contributed by atoms with E-state index < -0.39 is 0 Å². The van der Waals surface area contributed by atoms with Gasteiger partial charge in [0.05, 0.1) is 7.11 Å². The number of rotatable bonds is 6. The highest BCUT2D eigenvalue weighted by Gasteiger charge is 2.18. The minimum absolute atomic E-state index is 0.237. The predicted octanol–water partition coefficient (Wildman–Crippen LogP) is 1.56. The maximum Gasteiger partial charge on any atom is 0.328 e. The molecule has 0 bridgehead atoms. The van der Waals surface area contributed by atoms with E-state index in [1.807, 2.05) is 19.3 Å². The first-order valence-corrected chi connectivity index (χ1v) is 5.51. The monoisotopic (exact) mass is 225 g/mol. The molecule has 0 spiro atoms. The summed E-state index contributed by atoms with van der Waals surface area (Å²) in [5.74, 6) is 0.466. The van der Waals surface area contributed by atoms with Crippen LogP contribution in [0.3, 0.4) is 0 Å². The topological polar surface area (TPSA) is 56.2 Å². The van der Waals surface area contributed by atoms with Crippen LogP contribution >= 0.6 is 0 Å². The Morgan fingerprint density at radius 2 is 2.44 bits per heavy atom. The molecule has 5 nitrogen and oxygen atoms in total. The van der Waals surface area contributed by atoms with E-state index in [1.54, 1.807) is 4.68 Å². The second-order valence-corrected chi connectivity index (χ2v) is 3.74. The Kier molecular flexibility index (Phi) is 4.82. The van der Waals surface area contributed by atoms with Crippen molar-refractivity contribution < 1.29 is 9.53 Å². The van der Waals surface area contributed by atoms with Gasteiger partial charge in [0.2, 0.25) is 0 Å². The van der Waals surface area contributed by atoms with Crippen molar-refractivity contribution in [2.24, 2.45) is 7.05 Å². The van der Waals surface area contributed by atoms with E-state index in [2.05, 4.69) is 17.3 Å². The molecule has 0 fully saturated rings. The average molecular weight is 225 g/mol. The zero-order valence-corrected chi connectivity index (χ0v) is 10.1. The molecule has 1 rings (SSSR count). The van der Waals surface area contributed by atoms with Crippen LogP contribution in [0.15, 0.2) is 12.3 Å². The maximum absolute atomic E-state index is 11.5. The SMILES string of the molecule is CCCCC(Nc1ccn(C)n1)C(=O)OC. The Morgan fingerprint density at radius 1 is 1.69 bits per heavy atom. The number of nitrogens with one attached hydrogen (secondary N) is 1. The molecule has 0 saturated heterocycles. The van der Waals surface area contributed by atoms with E-state index in [9.17, 15) is 4.79 Å². The largest absolute Gasteiger partial charge is 0.467 e. The van der Waals surface area contributed by atoms with Crippen molar-refractivity contribution >= 4 is 11.8 Å². The van der Waals surface area contributed by atoms with Crippen molar-refractivity contribution in [1.82, 2.24) is 9.78 Å². The summed E-state index contributed by atoms with van der Waals surface area (Å²) in [7, 11) is 3.24. The van der Waals surface area contributed by atoms with Gasteiger partial charge in [-0.05, 0) is 6.42 Å². The number of carbonyl (C=O) groups excluding carboxylic acids is 1. The maximum atomic E-state index is 11.5. The first-order chi connectivity index (χ1) is 7.67. The molecule has 0 saturated carbocycles. The smallest absolute Gasteiger partial charge is 0.328 e. The number of anilines is 1. The minimum atomic E-state index is -0.306. The van der Waals surface area contributed by atoms with Crippen molar-refractivity contribution in [3.8, 4) is 0 Å². The summed E-state index contributed by atoms with van der Waals surface area (Å²) in [6, 6.07) is 1.53. The Balaban J connectivity index is 2.59. The van der Waals surface area contributed by atoms with E-state index in [-0.39, 0.29) is 12.0 Å². The third-order valence-electron chi connectivity index (χ3n) is 2.37. The number of hydrogen-bond acceptors (Lipinski definition) is 4. The summed E-state index contributed by atoms with van der Waals surface area (Å²) in [5.41, 5.74) is 0. The molecule has 1 N–H and O–H groups in total. The predicted molar refractivity (Wildman–Crippen MR) is 62.2 cm³/mol. The first-order valence-electron chi connectivity index (χ1n) is 5.51. The van der Waals surface area contributed by atoms with E-state index in [0.29, 0.717) is 5.82 Å². The van der Waals surface area contributed by atoms with E-state index >= 15 is 0 Å². The molecule has 0 aliphatic carbocycles. The summed E-state index contributed by atoms with van der Waals surface area (Å²) in [6.45, 7) is 2.09. The molecule has 0 aromatic carbocycles. The summed E-state index contributed by atoms with van der Waals surface area (Å²) < 4.78 is 6.44. The summed E-state index contributed by atoms with van der Waals surface area (Å²) >= 11 is 0. The standard InChI is InChI=1S/C11H19N3O2/c1-4-5-6-9(11(15)16-3)12-10-7-8-14(2)13-10/h7-9H,4-6H2,1-3H3,(H,12,13). The van der Waals surface area contributed by atoms with Crippen LogP contribution in [-0.4, -0.2) is 28.9 Å². The molecule has 5 heteroatoms. The molecular weight excluding hydrogens is 206 g/mol. The van der Waals surface area contributed by atoms with Gasteiger partial charge in [0.15, 0.2) is 0 Å². The zero-order chi connectivity index (χ0) is 12.0. The molecule has 0 radical (unpaired) electrons. The number of ether oxygens (including phenoxy) is 1. The highest BCUT2D eigenvalue weighted by molar-refractivity contribution is 5.78. The molecule has 1 aromatic rings. The van der Waals surface area contributed by atoms with Gasteiger partial charge in [-0.25, -0.2) is 4.79 Å². The van der Waals surface area contributed by atoms with Crippen LogP contribution in [-0.2, 0) is 16.6 Å². The van der Waals surface area contributed by atoms with Gasteiger partial charge < -0.3 is 10.1 Å². The lowest BCUT2D eigenvalue weighted by atomic mass is 10.1. The van der Waals surface area contributed by atoms with Gasteiger partial charge >= 0.3 is 5.97 Å². The number of unbranched alkanes of at least 4 members (excludes halogenated alkanes) is 1. The third kappa shape index (κ3) is 3.56. The second-order valence-electron chi connectivity index (χ2n) is 3.74. The lowest BCUT2D eigenvalue weighted by molar-refractivity contribution is -0.141. The Morgan fingerprint density at radius 3 is 2.94 bits per heavy atom. The van der Waals surface area contributed by atoms with Crippen molar-refractivity contribution in [3.63, 3.8) is 0 Å². The third-order valence-corrected chi connectivity index (χ3v) is 2.37. The molecule has 0 aliphatic heterocycles. The Bertz CT molecular complexity index is 336. The molecule has 90 valence electrons. The minimum Gasteiger partial charge on any atom is -0.467 e. The summed E-state index contributed by atoms with van der Waals surface area (Å²) in [5, 5.41) is 7.25. The number of hydrogen-bond donors (Lipinski definition) is 1. The highest BCUT2D eigenvalue weighted by atomic mass is 16.5. The van der Waals surface area contributed by atoms with Crippen LogP contribution in [0.4, 0.5) is 5.82 Å². The number of carbonyl (C=O) groups is 1. The fourth-order valence-electron chi connectivity index (χ4n) is 1.47. The van der Waals surface area contributed by atoms with Gasteiger partial charge in [-0.1, -0.05) is 19.8 Å². The summed E-state index contributed by atoms with van der Waals surface area (Å²) in [6.07, 6.45) is 4.63. The molecule has 0 aliphatic rings. The van der Waals surface area contributed by atoms with Crippen molar-refractivity contribution in [3.05, 3.63) is 12.3 Å². The quantitative estimate of drug-likeness (QED) is 0.746. The molecule has 1 aromatic heterocycles. The van der Waals surface area contributed by atoms with Crippen molar-refractivity contribution in [2.45, 2.75) is 32.2 Å². The molecule has 16 heavy (non-hydrogen) atoms. The van der Waals surface area contributed by atoms with Crippen LogP contribution in [0.5, 0.6) is 0 Å². The lowest BCUT2D eigenvalue weighted by Crippen LogP contribution is -2.30. The van der Waals surface area contributed by atoms with Crippen LogP contribution in [0, 0.1) is 0 Å². The molecule has 1 atom stereocenters. The molecule has 1 heterocycles. The van der Waals surface area contributed by atoms with E-state index in [1.165, 1.54) is 7.11 Å². The molecule has 1 unspecified atom stereocenters. The molecular formula is C11H19N3O2. The van der Waals surface area contributed by atoms with Gasteiger partial charge in [-0.3, -0.25) is 4.68 Å². The van der Waals surface area contributed by atoms with Crippen LogP contribution in [0.25, 0.3) is 0 Å². The van der Waals surface area contributed by atoms with Crippen LogP contribution in [0.2, 0.25) is 0 Å². The van der Waals surface area contributed by atoms with E-state index in [4.69, 9.17) is 4.74 Å². The number of nitrogens with zero attached hydrogens (tertiary/aromatic N) is 2. The molecule has 0 amide bonds. The Hall–Kier alpha value is -1.52. The summed E-state index contributed by atoms with van der Waals surface area (Å²) in [4.78, 5) is 11.5. The van der Waals surface area contributed by atoms with Gasteiger partial charge in [0, 0.05) is 19.3 Å². The van der Waals surface area contributed by atoms with Crippen LogP contribution < -0.4 is 5.32 Å². The van der Waals surface area contributed by atoms with Crippen molar-refractivity contribution in [2.75, 3.05) is 12.4 Å². The van der Waals surface area contributed by atoms with Gasteiger partial charge in [-0.2, -0.15) is 5.10 Å². The van der Waals surface area contributed by atoms with Gasteiger partial charge in [0.25, 0.3) is 0 Å². The number of aromatic nitrogens is 2. The van der Waals surface area contributed by atoms with E-state index in [0.717, 1.165) is 19.3 Å². The van der Waals surface area contributed by atoms with Gasteiger partial charge in [-0.15, -0.1) is 0 Å². The first kappa shape index (κ1) is 12.5. The van der Waals surface area contributed by atoms with Gasteiger partial charge in [0.1, 0.15) is 11.9 Å². The Labute approximate surface area is 95.8 Å². The number of esters is 1. The normalized spacial score (nSPS) is 12.2. The fourth-order valence-corrected chi connectivity index (χ4v) is 1.47. The highest BCUT2D eigenvalue weighted by Crippen LogP contribution is 2.10. The lowest BCUT2D eigenvalue weighted by Gasteiger charge is -2.15.